The van der Waals surface area contributed by atoms with Crippen LogP contribution in [-0.4, -0.2) is 32.6 Å². The highest BCUT2D eigenvalue weighted by atomic mass is 32.2. The van der Waals surface area contributed by atoms with Crippen molar-refractivity contribution < 1.29 is 13.2 Å². The van der Waals surface area contributed by atoms with Gasteiger partial charge in [0.15, 0.2) is 9.84 Å². The molecule has 11 heavy (non-hydrogen) atoms. The molecule has 0 aromatic heterocycles. The zero-order valence-electron chi connectivity index (χ0n) is 6.91. The Morgan fingerprint density at radius 2 is 2.09 bits per heavy atom. The van der Waals surface area contributed by atoms with Gasteiger partial charge in [-0.2, -0.15) is 0 Å². The smallest absolute Gasteiger partial charge is 0.153 e. The molecule has 0 bridgehead atoms. The maximum absolute atomic E-state index is 11.2. The van der Waals surface area contributed by atoms with Gasteiger partial charge in [0.2, 0.25) is 0 Å². The van der Waals surface area contributed by atoms with Crippen molar-refractivity contribution in [2.75, 3.05) is 12.9 Å². The largest absolute Gasteiger partial charge is 0.381 e. The Balaban J connectivity index is 2.62. The lowest BCUT2D eigenvalue weighted by molar-refractivity contribution is 0.0889. The lowest BCUT2D eigenvalue weighted by atomic mass is 10.1. The molecule has 2 unspecified atom stereocenters. The van der Waals surface area contributed by atoms with Crippen LogP contribution in [0.1, 0.15) is 19.8 Å². The van der Waals surface area contributed by atoms with Crippen LogP contribution in [-0.2, 0) is 14.6 Å². The maximum Gasteiger partial charge on any atom is 0.153 e. The van der Waals surface area contributed by atoms with Gasteiger partial charge in [-0.15, -0.1) is 0 Å². The van der Waals surface area contributed by atoms with Gasteiger partial charge in [0, 0.05) is 7.11 Å². The first kappa shape index (κ1) is 9.00. The van der Waals surface area contributed by atoms with Crippen LogP contribution >= 0.6 is 0 Å². The second-order valence-electron chi connectivity index (χ2n) is 3.06. The molecule has 1 heterocycles. The van der Waals surface area contributed by atoms with E-state index in [-0.39, 0.29) is 17.1 Å². The molecule has 2 atom stereocenters. The quantitative estimate of drug-likeness (QED) is 0.590. The average molecular weight is 178 g/mol. The van der Waals surface area contributed by atoms with Crippen molar-refractivity contribution in [1.29, 1.82) is 0 Å². The van der Waals surface area contributed by atoms with Crippen molar-refractivity contribution in [3.63, 3.8) is 0 Å². The van der Waals surface area contributed by atoms with E-state index in [1.807, 2.05) is 0 Å². The van der Waals surface area contributed by atoms with Gasteiger partial charge in [0.1, 0.15) is 0 Å². The normalized spacial score (nSPS) is 36.9. The van der Waals surface area contributed by atoms with E-state index < -0.39 is 9.84 Å². The number of rotatable bonds is 1. The number of sulfone groups is 1. The summed E-state index contributed by atoms with van der Waals surface area (Å²) in [5.41, 5.74) is 0. The average Bonchev–Trinajstić information content (AvgIpc) is 1.95. The zero-order valence-corrected chi connectivity index (χ0v) is 7.73. The number of ether oxygens (including phenoxy) is 1. The predicted molar refractivity (Wildman–Crippen MR) is 43.3 cm³/mol. The van der Waals surface area contributed by atoms with E-state index in [9.17, 15) is 8.42 Å². The second kappa shape index (κ2) is 3.11. The van der Waals surface area contributed by atoms with E-state index in [4.69, 9.17) is 4.74 Å². The van der Waals surface area contributed by atoms with Gasteiger partial charge in [-0.1, -0.05) is 0 Å². The van der Waals surface area contributed by atoms with Crippen LogP contribution in [0.4, 0.5) is 0 Å². The summed E-state index contributed by atoms with van der Waals surface area (Å²) in [7, 11) is -1.15. The Morgan fingerprint density at radius 3 is 2.55 bits per heavy atom. The van der Waals surface area contributed by atoms with Crippen molar-refractivity contribution in [2.24, 2.45) is 0 Å². The molecule has 66 valence electrons. The summed E-state index contributed by atoms with van der Waals surface area (Å²) in [6.45, 7) is 1.75. The van der Waals surface area contributed by atoms with Crippen molar-refractivity contribution in [2.45, 2.75) is 31.1 Å². The fourth-order valence-electron chi connectivity index (χ4n) is 1.35. The third-order valence-electron chi connectivity index (χ3n) is 2.27. The Labute approximate surface area is 67.7 Å². The lowest BCUT2D eigenvalue weighted by Crippen LogP contribution is -2.34. The minimum atomic E-state index is -2.78. The molecule has 0 N–H and O–H groups in total. The first-order valence-corrected chi connectivity index (χ1v) is 5.52. The molecule has 0 amide bonds. The van der Waals surface area contributed by atoms with E-state index in [0.29, 0.717) is 12.8 Å². The summed E-state index contributed by atoms with van der Waals surface area (Å²) in [6, 6.07) is 0. The van der Waals surface area contributed by atoms with Gasteiger partial charge >= 0.3 is 0 Å². The van der Waals surface area contributed by atoms with Crippen molar-refractivity contribution in [3.05, 3.63) is 0 Å². The topological polar surface area (TPSA) is 43.4 Å². The van der Waals surface area contributed by atoms with E-state index in [0.717, 1.165) is 0 Å². The van der Waals surface area contributed by atoms with Crippen LogP contribution in [0, 0.1) is 0 Å². The Morgan fingerprint density at radius 1 is 1.45 bits per heavy atom. The number of methoxy groups -OCH3 is 1. The third-order valence-corrected chi connectivity index (χ3v) is 4.49. The minimum Gasteiger partial charge on any atom is -0.381 e. The Hall–Kier alpha value is -0.0900. The molecule has 0 aromatic rings. The molecule has 1 rings (SSSR count). The van der Waals surface area contributed by atoms with Crippen LogP contribution in [0.5, 0.6) is 0 Å². The predicted octanol–water partition coefficient (Wildman–Crippen LogP) is 0.599. The number of hydrogen-bond acceptors (Lipinski definition) is 3. The van der Waals surface area contributed by atoms with E-state index in [2.05, 4.69) is 0 Å². The molecule has 1 fully saturated rings. The van der Waals surface area contributed by atoms with E-state index >= 15 is 0 Å². The highest BCUT2D eigenvalue weighted by Crippen LogP contribution is 2.21. The van der Waals surface area contributed by atoms with Crippen LogP contribution in [0.2, 0.25) is 0 Å². The summed E-state index contributed by atoms with van der Waals surface area (Å²) in [5, 5.41) is -0.221. The molecule has 0 aliphatic carbocycles. The van der Waals surface area contributed by atoms with Crippen LogP contribution in [0.3, 0.4) is 0 Å². The SMILES string of the molecule is COC1CCS(=O)(=O)C(C)C1. The van der Waals surface area contributed by atoms with Crippen molar-refractivity contribution >= 4 is 9.84 Å². The molecule has 1 saturated heterocycles. The lowest BCUT2D eigenvalue weighted by Gasteiger charge is -2.25. The monoisotopic (exact) mass is 178 g/mol. The first-order chi connectivity index (χ1) is 5.06. The van der Waals surface area contributed by atoms with E-state index in [1.165, 1.54) is 0 Å². The standard InChI is InChI=1S/C7H14O3S/c1-6-5-7(10-2)3-4-11(6,8)9/h6-7H,3-5H2,1-2H3. The van der Waals surface area contributed by atoms with Crippen molar-refractivity contribution in [3.8, 4) is 0 Å². The highest BCUT2D eigenvalue weighted by molar-refractivity contribution is 7.92. The summed E-state index contributed by atoms with van der Waals surface area (Å²) in [6.07, 6.45) is 1.45. The first-order valence-electron chi connectivity index (χ1n) is 3.80. The summed E-state index contributed by atoms with van der Waals surface area (Å²) >= 11 is 0. The van der Waals surface area contributed by atoms with Crippen LogP contribution < -0.4 is 0 Å². The third kappa shape index (κ3) is 1.93. The minimum absolute atomic E-state index is 0.147. The zero-order chi connectivity index (χ0) is 8.48. The maximum atomic E-state index is 11.2. The van der Waals surface area contributed by atoms with Gasteiger partial charge < -0.3 is 4.74 Å². The molecular formula is C7H14O3S. The summed E-state index contributed by atoms with van der Waals surface area (Å²) in [5.74, 6) is 0.284. The van der Waals surface area contributed by atoms with Gasteiger partial charge in [-0.25, -0.2) is 8.42 Å². The van der Waals surface area contributed by atoms with Gasteiger partial charge in [-0.3, -0.25) is 0 Å². The molecule has 3 nitrogen and oxygen atoms in total. The van der Waals surface area contributed by atoms with Crippen LogP contribution in [0.15, 0.2) is 0 Å². The molecule has 0 spiro atoms. The summed E-state index contributed by atoms with van der Waals surface area (Å²) in [4.78, 5) is 0. The Kier molecular flexibility index (Phi) is 2.54. The second-order valence-corrected chi connectivity index (χ2v) is 5.60. The molecule has 0 radical (unpaired) electrons. The Bertz CT molecular complexity index is 220. The van der Waals surface area contributed by atoms with Gasteiger partial charge in [0.25, 0.3) is 0 Å². The van der Waals surface area contributed by atoms with Gasteiger partial charge in [0.05, 0.1) is 17.1 Å². The highest BCUT2D eigenvalue weighted by Gasteiger charge is 2.30. The van der Waals surface area contributed by atoms with Gasteiger partial charge in [-0.05, 0) is 19.8 Å². The van der Waals surface area contributed by atoms with Crippen LogP contribution in [0.25, 0.3) is 0 Å². The molecular weight excluding hydrogens is 164 g/mol. The fourth-order valence-corrected chi connectivity index (χ4v) is 2.85. The number of hydrogen-bond donors (Lipinski definition) is 0. The summed E-state index contributed by atoms with van der Waals surface area (Å²) < 4.78 is 27.5. The molecule has 4 heteroatoms. The van der Waals surface area contributed by atoms with E-state index in [1.54, 1.807) is 14.0 Å². The molecule has 0 aromatic carbocycles. The fraction of sp³-hybridized carbons (Fsp3) is 1.00. The molecule has 1 aliphatic rings. The molecule has 1 aliphatic heterocycles. The molecule has 0 saturated carbocycles. The van der Waals surface area contributed by atoms with Crippen molar-refractivity contribution in [1.82, 2.24) is 0 Å².